The molecule has 2 aliphatic rings. The van der Waals surface area contributed by atoms with Crippen molar-refractivity contribution in [2.75, 3.05) is 7.11 Å². The van der Waals surface area contributed by atoms with Crippen molar-refractivity contribution >= 4 is 11.9 Å². The lowest BCUT2D eigenvalue weighted by Gasteiger charge is -2.37. The quantitative estimate of drug-likeness (QED) is 0.709. The molecular formula is C22H20F3NO4. The third-order valence-electron chi connectivity index (χ3n) is 5.78. The Balaban J connectivity index is 1.61. The van der Waals surface area contributed by atoms with Gasteiger partial charge in [0.05, 0.1) is 12.5 Å². The van der Waals surface area contributed by atoms with Crippen LogP contribution in [-0.4, -0.2) is 36.3 Å². The van der Waals surface area contributed by atoms with Gasteiger partial charge in [-0.3, -0.25) is 4.79 Å². The van der Waals surface area contributed by atoms with Crippen molar-refractivity contribution in [1.29, 1.82) is 0 Å². The zero-order chi connectivity index (χ0) is 21.5. The number of fused-ring (bicyclic) bond motifs is 1. The Hall–Kier alpha value is -3.03. The maximum atomic E-state index is 13.5. The fourth-order valence-corrected chi connectivity index (χ4v) is 4.08. The molecule has 8 heteroatoms. The maximum Gasteiger partial charge on any atom is 0.573 e. The molecule has 1 heterocycles. The van der Waals surface area contributed by atoms with E-state index < -0.39 is 23.8 Å². The van der Waals surface area contributed by atoms with Crippen LogP contribution in [0.5, 0.6) is 5.75 Å². The van der Waals surface area contributed by atoms with E-state index in [1.165, 1.54) is 31.4 Å². The first-order valence-corrected chi connectivity index (χ1v) is 9.55. The number of halogens is 3. The molecule has 0 spiro atoms. The van der Waals surface area contributed by atoms with Crippen molar-refractivity contribution in [3.05, 3.63) is 65.2 Å². The van der Waals surface area contributed by atoms with Crippen molar-refractivity contribution in [2.24, 2.45) is 0 Å². The molecule has 2 aromatic carbocycles. The molecule has 0 saturated heterocycles. The van der Waals surface area contributed by atoms with Gasteiger partial charge in [-0.05, 0) is 41.7 Å². The predicted octanol–water partition coefficient (Wildman–Crippen LogP) is 3.74. The molecule has 1 atom stereocenters. The summed E-state index contributed by atoms with van der Waals surface area (Å²) in [4.78, 5) is 27.5. The average molecular weight is 419 g/mol. The third kappa shape index (κ3) is 3.74. The Labute approximate surface area is 171 Å². The summed E-state index contributed by atoms with van der Waals surface area (Å²) in [5, 5.41) is 0. The summed E-state index contributed by atoms with van der Waals surface area (Å²) in [6.07, 6.45) is -3.28. The largest absolute Gasteiger partial charge is 0.573 e. The van der Waals surface area contributed by atoms with Crippen LogP contribution in [0.4, 0.5) is 13.2 Å². The van der Waals surface area contributed by atoms with Crippen LogP contribution < -0.4 is 4.74 Å². The van der Waals surface area contributed by atoms with E-state index >= 15 is 0 Å². The normalized spacial score (nSPS) is 19.6. The van der Waals surface area contributed by atoms with Gasteiger partial charge in [0.15, 0.2) is 0 Å². The number of nitrogens with zero attached hydrogens (tertiary/aromatic N) is 1. The number of rotatable bonds is 4. The van der Waals surface area contributed by atoms with Crippen LogP contribution >= 0.6 is 0 Å². The van der Waals surface area contributed by atoms with Gasteiger partial charge in [0.1, 0.15) is 11.8 Å². The Morgan fingerprint density at radius 1 is 1.03 bits per heavy atom. The van der Waals surface area contributed by atoms with E-state index in [1.807, 2.05) is 24.3 Å². The molecule has 1 aliphatic carbocycles. The van der Waals surface area contributed by atoms with Crippen LogP contribution in [-0.2, 0) is 32.7 Å². The number of benzene rings is 2. The molecule has 1 unspecified atom stereocenters. The molecule has 1 saturated carbocycles. The number of methoxy groups -OCH3 is 1. The van der Waals surface area contributed by atoms with Crippen LogP contribution in [0.1, 0.15) is 29.5 Å². The van der Waals surface area contributed by atoms with Gasteiger partial charge in [-0.25, -0.2) is 4.79 Å². The minimum Gasteiger partial charge on any atom is -0.467 e. The second-order valence-electron chi connectivity index (χ2n) is 7.60. The highest BCUT2D eigenvalue weighted by Crippen LogP contribution is 2.51. The number of hydrogen-bond acceptors (Lipinski definition) is 4. The standard InChI is InChI=1S/C22H20F3NO4/c1-29-19(27)18-12-14-4-2-3-5-15(14)13-26(18)20(28)21(10-11-21)16-6-8-17(9-7-16)30-22(23,24)25/h2-9,18H,10-13H2,1H3. The smallest absolute Gasteiger partial charge is 0.467 e. The molecule has 1 aliphatic heterocycles. The summed E-state index contributed by atoms with van der Waals surface area (Å²) in [7, 11) is 1.29. The predicted molar refractivity (Wildman–Crippen MR) is 101 cm³/mol. The van der Waals surface area contributed by atoms with Crippen LogP contribution in [0.3, 0.4) is 0 Å². The average Bonchev–Trinajstić information content (AvgIpc) is 3.53. The lowest BCUT2D eigenvalue weighted by Crippen LogP contribution is -2.52. The second kappa shape index (κ2) is 7.34. The second-order valence-corrected chi connectivity index (χ2v) is 7.60. The minimum absolute atomic E-state index is 0.211. The number of hydrogen-bond donors (Lipinski definition) is 0. The van der Waals surface area contributed by atoms with Gasteiger partial charge in [-0.2, -0.15) is 0 Å². The highest BCUT2D eigenvalue weighted by molar-refractivity contribution is 5.94. The molecule has 1 fully saturated rings. The third-order valence-corrected chi connectivity index (χ3v) is 5.78. The van der Waals surface area contributed by atoms with Crippen LogP contribution in [0, 0.1) is 0 Å². The number of esters is 1. The van der Waals surface area contributed by atoms with Gasteiger partial charge in [-0.15, -0.1) is 13.2 Å². The van der Waals surface area contributed by atoms with Crippen LogP contribution in [0.25, 0.3) is 0 Å². The van der Waals surface area contributed by atoms with Crippen molar-refractivity contribution in [3.8, 4) is 5.75 Å². The van der Waals surface area contributed by atoms with Gasteiger partial charge in [0, 0.05) is 13.0 Å². The monoisotopic (exact) mass is 419 g/mol. The number of ether oxygens (including phenoxy) is 2. The summed E-state index contributed by atoms with van der Waals surface area (Å²) in [6.45, 7) is 0.284. The summed E-state index contributed by atoms with van der Waals surface area (Å²) in [5.74, 6) is -1.03. The molecule has 30 heavy (non-hydrogen) atoms. The SMILES string of the molecule is COC(=O)C1Cc2ccccc2CN1C(=O)C1(c2ccc(OC(F)(F)F)cc2)CC1. The topological polar surface area (TPSA) is 55.8 Å². The fraction of sp³-hybridized carbons (Fsp3) is 0.364. The van der Waals surface area contributed by atoms with Crippen molar-refractivity contribution in [3.63, 3.8) is 0 Å². The van der Waals surface area contributed by atoms with E-state index in [2.05, 4.69) is 4.74 Å². The van der Waals surface area contributed by atoms with Crippen molar-refractivity contribution < 1.29 is 32.2 Å². The molecule has 158 valence electrons. The zero-order valence-electron chi connectivity index (χ0n) is 16.2. The molecule has 4 rings (SSSR count). The first-order valence-electron chi connectivity index (χ1n) is 9.55. The van der Waals surface area contributed by atoms with E-state index in [0.29, 0.717) is 24.8 Å². The maximum absolute atomic E-state index is 13.5. The molecule has 0 bridgehead atoms. The van der Waals surface area contributed by atoms with E-state index in [-0.39, 0.29) is 18.2 Å². The summed E-state index contributed by atoms with van der Waals surface area (Å²) < 4.78 is 46.1. The van der Waals surface area contributed by atoms with Crippen LogP contribution in [0.15, 0.2) is 48.5 Å². The summed E-state index contributed by atoms with van der Waals surface area (Å²) >= 11 is 0. The van der Waals surface area contributed by atoms with E-state index in [9.17, 15) is 22.8 Å². The lowest BCUT2D eigenvalue weighted by atomic mass is 9.89. The molecular weight excluding hydrogens is 399 g/mol. The van der Waals surface area contributed by atoms with E-state index in [4.69, 9.17) is 4.74 Å². The van der Waals surface area contributed by atoms with Gasteiger partial charge in [-0.1, -0.05) is 36.4 Å². The zero-order valence-corrected chi connectivity index (χ0v) is 16.2. The van der Waals surface area contributed by atoms with E-state index in [0.717, 1.165) is 11.1 Å². The van der Waals surface area contributed by atoms with E-state index in [1.54, 1.807) is 4.90 Å². The number of amides is 1. The number of alkyl halides is 3. The first-order chi connectivity index (χ1) is 14.2. The van der Waals surface area contributed by atoms with Crippen LogP contribution in [0.2, 0.25) is 0 Å². The number of carbonyl (C=O) groups is 2. The molecule has 0 N–H and O–H groups in total. The van der Waals surface area contributed by atoms with Crippen molar-refractivity contribution in [2.45, 2.75) is 43.6 Å². The summed E-state index contributed by atoms with van der Waals surface area (Å²) in [5.41, 5.74) is 1.74. The van der Waals surface area contributed by atoms with Gasteiger partial charge >= 0.3 is 12.3 Å². The Kier molecular flexibility index (Phi) is 4.95. The Morgan fingerprint density at radius 3 is 2.23 bits per heavy atom. The molecule has 1 amide bonds. The Morgan fingerprint density at radius 2 is 1.67 bits per heavy atom. The highest BCUT2D eigenvalue weighted by atomic mass is 19.4. The summed E-state index contributed by atoms with van der Waals surface area (Å²) in [6, 6.07) is 12.3. The molecule has 0 radical (unpaired) electrons. The lowest BCUT2D eigenvalue weighted by molar-refractivity contribution is -0.274. The Bertz CT molecular complexity index is 967. The molecule has 5 nitrogen and oxygen atoms in total. The molecule has 2 aromatic rings. The van der Waals surface area contributed by atoms with Gasteiger partial charge in [0.25, 0.3) is 0 Å². The molecule has 0 aromatic heterocycles. The number of carbonyl (C=O) groups excluding carboxylic acids is 2. The first kappa shape index (κ1) is 20.3. The van der Waals surface area contributed by atoms with Gasteiger partial charge < -0.3 is 14.4 Å². The van der Waals surface area contributed by atoms with Gasteiger partial charge in [0.2, 0.25) is 5.91 Å². The fourth-order valence-electron chi connectivity index (χ4n) is 4.08. The highest BCUT2D eigenvalue weighted by Gasteiger charge is 2.55. The minimum atomic E-state index is -4.77. The van der Waals surface area contributed by atoms with Crippen molar-refractivity contribution in [1.82, 2.24) is 4.90 Å².